The number of hydrogen-bond donors (Lipinski definition) is 0. The van der Waals surface area contributed by atoms with Crippen LogP contribution in [0.5, 0.6) is 0 Å². The van der Waals surface area contributed by atoms with Crippen molar-refractivity contribution in [3.05, 3.63) is 35.1 Å². The summed E-state index contributed by atoms with van der Waals surface area (Å²) in [6.45, 7) is 0. The van der Waals surface area contributed by atoms with Crippen LogP contribution in [0.1, 0.15) is 89.0 Å². The van der Waals surface area contributed by atoms with E-state index in [-0.39, 0.29) is 0 Å². The third-order valence-electron chi connectivity index (χ3n) is 8.01. The van der Waals surface area contributed by atoms with E-state index in [2.05, 4.69) is 0 Å². The van der Waals surface area contributed by atoms with Gasteiger partial charge in [0.15, 0.2) is 17.5 Å². The van der Waals surface area contributed by atoms with Gasteiger partial charge in [-0.2, -0.15) is 0 Å². The maximum Gasteiger partial charge on any atom is 0.194 e. The number of aryl methyl sites for hydroxylation is 1. The van der Waals surface area contributed by atoms with Crippen LogP contribution >= 0.6 is 0 Å². The van der Waals surface area contributed by atoms with E-state index in [0.29, 0.717) is 17.9 Å². The van der Waals surface area contributed by atoms with E-state index in [1.54, 1.807) is 0 Å². The number of halogens is 3. The molecule has 156 valence electrons. The van der Waals surface area contributed by atoms with Crippen molar-refractivity contribution in [3.8, 4) is 0 Å². The topological polar surface area (TPSA) is 0 Å². The second kappa shape index (κ2) is 9.22. The van der Waals surface area contributed by atoms with Crippen molar-refractivity contribution in [3.63, 3.8) is 0 Å². The highest BCUT2D eigenvalue weighted by molar-refractivity contribution is 5.19. The van der Waals surface area contributed by atoms with E-state index in [0.717, 1.165) is 42.2 Å². The van der Waals surface area contributed by atoms with Crippen LogP contribution in [0.2, 0.25) is 0 Å². The molecule has 1 aromatic carbocycles. The molecule has 3 heteroatoms. The highest BCUT2D eigenvalue weighted by Gasteiger charge is 2.31. The molecule has 28 heavy (non-hydrogen) atoms. The fourth-order valence-corrected chi connectivity index (χ4v) is 5.90. The summed E-state index contributed by atoms with van der Waals surface area (Å²) in [6, 6.07) is 2.32. The summed E-state index contributed by atoms with van der Waals surface area (Å²) in [5, 5.41) is 0. The molecule has 0 saturated heterocycles. The summed E-state index contributed by atoms with van der Waals surface area (Å²) in [5.74, 6) is 1.10. The fraction of sp³-hybridized carbons (Fsp3) is 0.760. The zero-order valence-electron chi connectivity index (χ0n) is 17.1. The first kappa shape index (κ1) is 20.3. The molecule has 0 nitrogen and oxygen atoms in total. The van der Waals surface area contributed by atoms with Gasteiger partial charge >= 0.3 is 0 Å². The molecule has 0 unspecified atom stereocenters. The fourth-order valence-electron chi connectivity index (χ4n) is 5.90. The van der Waals surface area contributed by atoms with E-state index in [4.69, 9.17) is 0 Å². The lowest BCUT2D eigenvalue weighted by Gasteiger charge is -2.38. The molecular weight excluding hydrogens is 357 g/mol. The van der Waals surface area contributed by atoms with Crippen molar-refractivity contribution >= 4 is 0 Å². The molecule has 0 aliphatic heterocycles. The quantitative estimate of drug-likeness (QED) is 0.415. The molecule has 0 N–H and O–H groups in total. The minimum absolute atomic E-state index is 0.586. The van der Waals surface area contributed by atoms with E-state index in [9.17, 15) is 13.2 Å². The van der Waals surface area contributed by atoms with E-state index in [1.165, 1.54) is 77.0 Å². The normalized spacial score (nSPS) is 31.1. The molecule has 0 bridgehead atoms. The van der Waals surface area contributed by atoms with Crippen LogP contribution in [0.3, 0.4) is 0 Å². The summed E-state index contributed by atoms with van der Waals surface area (Å²) in [5.41, 5.74) is 0.586. The first-order chi connectivity index (χ1) is 13.6. The number of rotatable bonds is 7. The Morgan fingerprint density at radius 2 is 0.964 bits per heavy atom. The lowest BCUT2D eigenvalue weighted by atomic mass is 9.68. The van der Waals surface area contributed by atoms with E-state index in [1.807, 2.05) is 0 Å². The lowest BCUT2D eigenvalue weighted by Crippen LogP contribution is -2.26. The molecule has 0 heterocycles. The van der Waals surface area contributed by atoms with Gasteiger partial charge in [-0.05, 0) is 85.8 Å². The Hall–Kier alpha value is -0.990. The van der Waals surface area contributed by atoms with Gasteiger partial charge in [0.25, 0.3) is 0 Å². The predicted octanol–water partition coefficient (Wildman–Crippen LogP) is 7.84. The third-order valence-corrected chi connectivity index (χ3v) is 8.01. The van der Waals surface area contributed by atoms with Crippen LogP contribution in [0.25, 0.3) is 0 Å². The van der Waals surface area contributed by atoms with Gasteiger partial charge in [0, 0.05) is 0 Å². The molecule has 3 fully saturated rings. The van der Waals surface area contributed by atoms with E-state index < -0.39 is 17.5 Å². The van der Waals surface area contributed by atoms with E-state index >= 15 is 0 Å². The van der Waals surface area contributed by atoms with Gasteiger partial charge in [0.05, 0.1) is 0 Å². The highest BCUT2D eigenvalue weighted by atomic mass is 19.2. The zero-order valence-corrected chi connectivity index (χ0v) is 17.1. The van der Waals surface area contributed by atoms with Gasteiger partial charge < -0.3 is 0 Å². The average molecular weight is 393 g/mol. The Balaban J connectivity index is 1.16. The molecule has 0 atom stereocenters. The number of benzene rings is 1. The van der Waals surface area contributed by atoms with Gasteiger partial charge in [-0.1, -0.05) is 51.4 Å². The van der Waals surface area contributed by atoms with Gasteiger partial charge in [-0.3, -0.25) is 0 Å². The van der Waals surface area contributed by atoms with Crippen molar-refractivity contribution in [1.29, 1.82) is 0 Å². The van der Waals surface area contributed by atoms with Gasteiger partial charge in [-0.25, -0.2) is 13.2 Å². The van der Waals surface area contributed by atoms with Crippen molar-refractivity contribution in [2.24, 2.45) is 29.6 Å². The molecule has 0 radical (unpaired) electrons. The van der Waals surface area contributed by atoms with Crippen LogP contribution in [0.15, 0.2) is 12.1 Å². The molecule has 0 aromatic heterocycles. The minimum Gasteiger partial charge on any atom is -0.204 e. The second-order valence-corrected chi connectivity index (χ2v) is 9.99. The molecule has 3 aliphatic carbocycles. The van der Waals surface area contributed by atoms with Crippen molar-refractivity contribution in [2.45, 2.75) is 89.9 Å². The van der Waals surface area contributed by atoms with Crippen molar-refractivity contribution in [1.82, 2.24) is 0 Å². The highest BCUT2D eigenvalue weighted by Crippen LogP contribution is 2.44. The molecular formula is C25H35F3. The van der Waals surface area contributed by atoms with Gasteiger partial charge in [0.2, 0.25) is 0 Å². The monoisotopic (exact) mass is 392 g/mol. The number of hydrogen-bond acceptors (Lipinski definition) is 0. The maximum atomic E-state index is 13.4. The Labute approximate surface area is 168 Å². The second-order valence-electron chi connectivity index (χ2n) is 9.99. The Morgan fingerprint density at radius 3 is 1.39 bits per heavy atom. The third kappa shape index (κ3) is 5.33. The summed E-state index contributed by atoms with van der Waals surface area (Å²) >= 11 is 0. The first-order valence-electron chi connectivity index (χ1n) is 11.7. The van der Waals surface area contributed by atoms with Crippen LogP contribution in [-0.4, -0.2) is 0 Å². The van der Waals surface area contributed by atoms with Crippen LogP contribution in [-0.2, 0) is 6.42 Å². The molecule has 4 rings (SSSR count). The summed E-state index contributed by atoms with van der Waals surface area (Å²) < 4.78 is 39.8. The Morgan fingerprint density at radius 1 is 0.571 bits per heavy atom. The summed E-state index contributed by atoms with van der Waals surface area (Å²) in [7, 11) is 0. The van der Waals surface area contributed by atoms with Crippen LogP contribution in [0.4, 0.5) is 13.2 Å². The zero-order chi connectivity index (χ0) is 19.5. The summed E-state index contributed by atoms with van der Waals surface area (Å²) in [6.07, 6.45) is 18.5. The lowest BCUT2D eigenvalue weighted by molar-refractivity contribution is 0.140. The smallest absolute Gasteiger partial charge is 0.194 e. The molecule has 3 aliphatic rings. The van der Waals surface area contributed by atoms with Gasteiger partial charge in [-0.15, -0.1) is 0 Å². The standard InChI is InChI=1S/C25H35F3/c26-23-15-20(16-24(27)25(23)28)6-5-19-9-13-22(14-10-19)21-11-7-18(8-12-21)4-3-17-1-2-17/h15-19,21-22H,1-14H2. The SMILES string of the molecule is Fc1cc(CCC2CCC(C3CCC(CCC4CC4)CC3)CC2)cc(F)c1F. The first-order valence-corrected chi connectivity index (χ1v) is 11.7. The van der Waals surface area contributed by atoms with Crippen LogP contribution < -0.4 is 0 Å². The average Bonchev–Trinajstić information content (AvgIpc) is 3.54. The Kier molecular flexibility index (Phi) is 6.68. The van der Waals surface area contributed by atoms with Crippen molar-refractivity contribution in [2.75, 3.05) is 0 Å². The molecule has 0 spiro atoms. The molecule has 3 saturated carbocycles. The van der Waals surface area contributed by atoms with Crippen LogP contribution in [0, 0.1) is 47.0 Å². The molecule has 0 amide bonds. The molecule has 1 aromatic rings. The van der Waals surface area contributed by atoms with Crippen molar-refractivity contribution < 1.29 is 13.2 Å². The predicted molar refractivity (Wildman–Crippen MR) is 107 cm³/mol. The largest absolute Gasteiger partial charge is 0.204 e. The van der Waals surface area contributed by atoms with Gasteiger partial charge in [0.1, 0.15) is 0 Å². The minimum atomic E-state index is -1.36. The summed E-state index contributed by atoms with van der Waals surface area (Å²) in [4.78, 5) is 0. The Bertz CT molecular complexity index is 612. The maximum absolute atomic E-state index is 13.4.